The highest BCUT2D eigenvalue weighted by Crippen LogP contribution is 2.38. The van der Waals surface area contributed by atoms with Crippen LogP contribution in [0.1, 0.15) is 16.7 Å². The van der Waals surface area contributed by atoms with Crippen LogP contribution in [0.25, 0.3) is 10.4 Å². The zero-order valence-electron chi connectivity index (χ0n) is 11.1. The van der Waals surface area contributed by atoms with Gasteiger partial charge in [-0.1, -0.05) is 0 Å². The van der Waals surface area contributed by atoms with Gasteiger partial charge in [-0.3, -0.25) is 0 Å². The molecular weight excluding hydrogens is 340 g/mol. The van der Waals surface area contributed by atoms with Crippen molar-refractivity contribution in [3.63, 3.8) is 0 Å². The standard InChI is InChI=1S/C15H13BrO3S/c1-9-12(16)8-14(20-9)10-3-4-13(17-2)11(7-10)15-18-5-6-19-15/h3-8,15H,1-2H3. The second-order valence-electron chi connectivity index (χ2n) is 4.35. The summed E-state index contributed by atoms with van der Waals surface area (Å²) < 4.78 is 17.3. The second kappa shape index (κ2) is 5.50. The fourth-order valence-electron chi connectivity index (χ4n) is 2.06. The van der Waals surface area contributed by atoms with Crippen molar-refractivity contribution in [1.82, 2.24) is 0 Å². The topological polar surface area (TPSA) is 27.7 Å². The minimum absolute atomic E-state index is 0.436. The van der Waals surface area contributed by atoms with Crippen LogP contribution >= 0.6 is 27.3 Å². The Morgan fingerprint density at radius 1 is 1.20 bits per heavy atom. The van der Waals surface area contributed by atoms with E-state index in [1.54, 1.807) is 31.0 Å². The van der Waals surface area contributed by atoms with Gasteiger partial charge in [0, 0.05) is 14.2 Å². The Morgan fingerprint density at radius 3 is 2.55 bits per heavy atom. The van der Waals surface area contributed by atoms with E-state index in [2.05, 4.69) is 28.9 Å². The van der Waals surface area contributed by atoms with Gasteiger partial charge < -0.3 is 14.2 Å². The molecule has 0 saturated carbocycles. The summed E-state index contributed by atoms with van der Waals surface area (Å²) in [5, 5.41) is 0. The maximum atomic E-state index is 5.41. The summed E-state index contributed by atoms with van der Waals surface area (Å²) in [4.78, 5) is 2.46. The zero-order chi connectivity index (χ0) is 14.1. The van der Waals surface area contributed by atoms with Gasteiger partial charge in [0.2, 0.25) is 0 Å². The molecule has 2 heterocycles. The quantitative estimate of drug-likeness (QED) is 0.776. The van der Waals surface area contributed by atoms with Crippen LogP contribution < -0.4 is 4.74 Å². The van der Waals surface area contributed by atoms with E-state index in [1.807, 2.05) is 18.2 Å². The minimum atomic E-state index is -0.436. The molecule has 0 fully saturated rings. The van der Waals surface area contributed by atoms with Gasteiger partial charge in [-0.25, -0.2) is 0 Å². The Hall–Kier alpha value is -1.46. The van der Waals surface area contributed by atoms with Crippen LogP contribution in [0.3, 0.4) is 0 Å². The molecule has 0 radical (unpaired) electrons. The molecule has 0 unspecified atom stereocenters. The smallest absolute Gasteiger partial charge is 0.269 e. The molecule has 3 rings (SSSR count). The summed E-state index contributed by atoms with van der Waals surface area (Å²) in [5.74, 6) is 0.759. The number of ether oxygens (including phenoxy) is 3. The maximum absolute atomic E-state index is 5.41. The normalized spacial score (nSPS) is 14.2. The van der Waals surface area contributed by atoms with Gasteiger partial charge in [0.15, 0.2) is 0 Å². The van der Waals surface area contributed by atoms with Crippen molar-refractivity contribution in [2.75, 3.05) is 7.11 Å². The Balaban J connectivity index is 2.02. The number of aryl methyl sites for hydroxylation is 1. The average molecular weight is 353 g/mol. The van der Waals surface area contributed by atoms with Crippen LogP contribution in [0.2, 0.25) is 0 Å². The third-order valence-electron chi connectivity index (χ3n) is 3.09. The lowest BCUT2D eigenvalue weighted by Gasteiger charge is -2.15. The summed E-state index contributed by atoms with van der Waals surface area (Å²) in [5.41, 5.74) is 2.01. The zero-order valence-corrected chi connectivity index (χ0v) is 13.5. The molecule has 5 heteroatoms. The lowest BCUT2D eigenvalue weighted by Crippen LogP contribution is -2.01. The number of methoxy groups -OCH3 is 1. The molecule has 0 bridgehead atoms. The molecule has 3 nitrogen and oxygen atoms in total. The van der Waals surface area contributed by atoms with Gasteiger partial charge in [0.25, 0.3) is 6.29 Å². The van der Waals surface area contributed by atoms with Crippen molar-refractivity contribution < 1.29 is 14.2 Å². The van der Waals surface area contributed by atoms with Gasteiger partial charge in [0.05, 0.1) is 12.7 Å². The lowest BCUT2D eigenvalue weighted by atomic mass is 10.1. The molecule has 0 aliphatic carbocycles. The monoisotopic (exact) mass is 352 g/mol. The summed E-state index contributed by atoms with van der Waals surface area (Å²) in [6.45, 7) is 2.09. The van der Waals surface area contributed by atoms with Gasteiger partial charge in [0.1, 0.15) is 18.3 Å². The first-order valence-electron chi connectivity index (χ1n) is 6.09. The number of rotatable bonds is 3. The van der Waals surface area contributed by atoms with Crippen molar-refractivity contribution in [1.29, 1.82) is 0 Å². The fourth-order valence-corrected chi connectivity index (χ4v) is 3.59. The van der Waals surface area contributed by atoms with Gasteiger partial charge in [-0.05, 0) is 52.7 Å². The Kier molecular flexibility index (Phi) is 3.72. The number of hydrogen-bond donors (Lipinski definition) is 0. The van der Waals surface area contributed by atoms with E-state index in [9.17, 15) is 0 Å². The van der Waals surface area contributed by atoms with Gasteiger partial charge >= 0.3 is 0 Å². The molecule has 0 atom stereocenters. The van der Waals surface area contributed by atoms with Gasteiger partial charge in [-0.15, -0.1) is 11.3 Å². The predicted molar refractivity (Wildman–Crippen MR) is 82.8 cm³/mol. The highest BCUT2D eigenvalue weighted by atomic mass is 79.9. The molecule has 0 saturated heterocycles. The van der Waals surface area contributed by atoms with Crippen molar-refractivity contribution in [3.05, 3.63) is 51.7 Å². The molecule has 1 aliphatic rings. The predicted octanol–water partition coefficient (Wildman–Crippen LogP) is 5.01. The lowest BCUT2D eigenvalue weighted by molar-refractivity contribution is -0.0260. The molecule has 1 aliphatic heterocycles. The van der Waals surface area contributed by atoms with Crippen LogP contribution in [-0.2, 0) is 9.47 Å². The molecule has 1 aromatic carbocycles. The van der Waals surface area contributed by atoms with Crippen molar-refractivity contribution in [2.24, 2.45) is 0 Å². The first-order chi connectivity index (χ1) is 9.69. The highest BCUT2D eigenvalue weighted by molar-refractivity contribution is 9.10. The molecular formula is C15H13BrO3S. The van der Waals surface area contributed by atoms with Crippen LogP contribution in [0.15, 0.2) is 41.3 Å². The van der Waals surface area contributed by atoms with E-state index in [4.69, 9.17) is 14.2 Å². The maximum Gasteiger partial charge on any atom is 0.269 e. The summed E-state index contributed by atoms with van der Waals surface area (Å²) >= 11 is 5.30. The molecule has 0 amide bonds. The highest BCUT2D eigenvalue weighted by Gasteiger charge is 2.21. The van der Waals surface area contributed by atoms with Crippen LogP contribution in [-0.4, -0.2) is 7.11 Å². The second-order valence-corrected chi connectivity index (χ2v) is 6.46. The molecule has 104 valence electrons. The van der Waals surface area contributed by atoms with E-state index >= 15 is 0 Å². The molecule has 0 spiro atoms. The fraction of sp³-hybridized carbons (Fsp3) is 0.200. The largest absolute Gasteiger partial charge is 0.496 e. The van der Waals surface area contributed by atoms with E-state index in [-0.39, 0.29) is 0 Å². The first-order valence-corrected chi connectivity index (χ1v) is 7.70. The number of halogens is 1. The Bertz CT molecular complexity index is 636. The van der Waals surface area contributed by atoms with E-state index in [0.717, 1.165) is 21.3 Å². The Labute approximate surface area is 129 Å². The van der Waals surface area contributed by atoms with E-state index in [1.165, 1.54) is 9.75 Å². The molecule has 0 N–H and O–H groups in total. The summed E-state index contributed by atoms with van der Waals surface area (Å²) in [7, 11) is 1.65. The average Bonchev–Trinajstić information content (AvgIpc) is 3.09. The van der Waals surface area contributed by atoms with E-state index < -0.39 is 6.29 Å². The summed E-state index contributed by atoms with van der Waals surface area (Å²) in [6.07, 6.45) is 2.65. The van der Waals surface area contributed by atoms with Crippen molar-refractivity contribution >= 4 is 27.3 Å². The summed E-state index contributed by atoms with van der Waals surface area (Å²) in [6, 6.07) is 8.16. The van der Waals surface area contributed by atoms with Crippen molar-refractivity contribution in [3.8, 4) is 16.2 Å². The Morgan fingerprint density at radius 2 is 1.95 bits per heavy atom. The number of hydrogen-bond acceptors (Lipinski definition) is 4. The SMILES string of the molecule is COc1ccc(-c2cc(Br)c(C)s2)cc1C1OC=CO1. The third kappa shape index (κ3) is 2.43. The van der Waals surface area contributed by atoms with E-state index in [0.29, 0.717) is 0 Å². The minimum Gasteiger partial charge on any atom is -0.496 e. The number of benzene rings is 1. The van der Waals surface area contributed by atoms with Gasteiger partial charge in [-0.2, -0.15) is 0 Å². The third-order valence-corrected chi connectivity index (χ3v) is 5.27. The first kappa shape index (κ1) is 13.5. The van der Waals surface area contributed by atoms with Crippen LogP contribution in [0, 0.1) is 6.92 Å². The van der Waals surface area contributed by atoms with Crippen molar-refractivity contribution in [2.45, 2.75) is 13.2 Å². The molecule has 1 aromatic heterocycles. The molecule has 2 aromatic rings. The van der Waals surface area contributed by atoms with Crippen LogP contribution in [0.4, 0.5) is 0 Å². The van der Waals surface area contributed by atoms with Crippen LogP contribution in [0.5, 0.6) is 5.75 Å². The number of thiophene rings is 1. The molecule has 20 heavy (non-hydrogen) atoms.